The van der Waals surface area contributed by atoms with Gasteiger partial charge in [0, 0.05) is 41.9 Å². The second kappa shape index (κ2) is 7.32. The maximum Gasteiger partial charge on any atom is 0.257 e. The standard InChI is InChI=1S/C18H18Cl2N2O2/c1-24-17-12-14(20)4-7-16(17)18(23)22-10-8-21(9-11-22)15-5-2-13(19)3-6-15/h2-7,12H,8-11H2,1H3. The van der Waals surface area contributed by atoms with E-state index in [-0.39, 0.29) is 5.91 Å². The first-order valence-electron chi connectivity index (χ1n) is 7.72. The molecule has 1 aliphatic heterocycles. The molecule has 0 atom stereocenters. The summed E-state index contributed by atoms with van der Waals surface area (Å²) in [7, 11) is 1.54. The molecule has 0 unspecified atom stereocenters. The van der Waals surface area contributed by atoms with Gasteiger partial charge in [0.2, 0.25) is 0 Å². The highest BCUT2D eigenvalue weighted by atomic mass is 35.5. The third kappa shape index (κ3) is 3.60. The minimum atomic E-state index is -0.0285. The maximum absolute atomic E-state index is 12.7. The molecule has 1 saturated heterocycles. The largest absolute Gasteiger partial charge is 0.496 e. The number of hydrogen-bond donors (Lipinski definition) is 0. The molecule has 0 bridgehead atoms. The van der Waals surface area contributed by atoms with E-state index in [0.29, 0.717) is 29.4 Å². The zero-order valence-electron chi connectivity index (χ0n) is 13.3. The van der Waals surface area contributed by atoms with E-state index in [1.165, 1.54) is 0 Å². The predicted octanol–water partition coefficient (Wildman–Crippen LogP) is 3.96. The minimum absolute atomic E-state index is 0.0285. The summed E-state index contributed by atoms with van der Waals surface area (Å²) in [5.74, 6) is 0.479. The van der Waals surface area contributed by atoms with Crippen molar-refractivity contribution in [3.63, 3.8) is 0 Å². The average molecular weight is 365 g/mol. The summed E-state index contributed by atoms with van der Waals surface area (Å²) in [5, 5.41) is 1.28. The molecular weight excluding hydrogens is 347 g/mol. The smallest absolute Gasteiger partial charge is 0.257 e. The van der Waals surface area contributed by atoms with Crippen LogP contribution in [0.5, 0.6) is 5.75 Å². The van der Waals surface area contributed by atoms with Gasteiger partial charge in [0.25, 0.3) is 5.91 Å². The number of methoxy groups -OCH3 is 1. The Bertz CT molecular complexity index is 726. The summed E-state index contributed by atoms with van der Waals surface area (Å²) in [5.41, 5.74) is 1.66. The summed E-state index contributed by atoms with van der Waals surface area (Å²) >= 11 is 11.9. The van der Waals surface area contributed by atoms with Gasteiger partial charge in [-0.05, 0) is 42.5 Å². The molecule has 2 aromatic carbocycles. The van der Waals surface area contributed by atoms with Crippen LogP contribution in [0.2, 0.25) is 10.0 Å². The van der Waals surface area contributed by atoms with Crippen molar-refractivity contribution in [1.82, 2.24) is 4.90 Å². The lowest BCUT2D eigenvalue weighted by atomic mass is 10.1. The third-order valence-corrected chi connectivity index (χ3v) is 4.64. The van der Waals surface area contributed by atoms with Gasteiger partial charge in [-0.25, -0.2) is 0 Å². The number of rotatable bonds is 3. The number of anilines is 1. The SMILES string of the molecule is COc1cc(Cl)ccc1C(=O)N1CCN(c2ccc(Cl)cc2)CC1. The second-order valence-corrected chi connectivity index (χ2v) is 6.47. The molecule has 0 aliphatic carbocycles. The van der Waals surface area contributed by atoms with Crippen LogP contribution in [0.25, 0.3) is 0 Å². The van der Waals surface area contributed by atoms with E-state index in [1.807, 2.05) is 29.2 Å². The molecule has 0 radical (unpaired) electrons. The quantitative estimate of drug-likeness (QED) is 0.825. The van der Waals surface area contributed by atoms with Crippen molar-refractivity contribution in [3.8, 4) is 5.75 Å². The number of benzene rings is 2. The lowest BCUT2D eigenvalue weighted by molar-refractivity contribution is 0.0743. The fourth-order valence-corrected chi connectivity index (χ4v) is 3.12. The number of carbonyl (C=O) groups is 1. The molecule has 1 heterocycles. The van der Waals surface area contributed by atoms with Crippen molar-refractivity contribution < 1.29 is 9.53 Å². The molecule has 4 nitrogen and oxygen atoms in total. The van der Waals surface area contributed by atoms with Gasteiger partial charge in [-0.2, -0.15) is 0 Å². The Morgan fingerprint density at radius 3 is 2.21 bits per heavy atom. The number of piperazine rings is 1. The Kier molecular flexibility index (Phi) is 5.17. The first kappa shape index (κ1) is 16.9. The molecule has 2 aromatic rings. The van der Waals surface area contributed by atoms with Gasteiger partial charge >= 0.3 is 0 Å². The van der Waals surface area contributed by atoms with E-state index in [0.717, 1.165) is 23.8 Å². The van der Waals surface area contributed by atoms with Gasteiger partial charge in [-0.1, -0.05) is 23.2 Å². The van der Waals surface area contributed by atoms with Crippen LogP contribution in [0, 0.1) is 0 Å². The fourth-order valence-electron chi connectivity index (χ4n) is 2.83. The molecule has 1 aliphatic rings. The van der Waals surface area contributed by atoms with Crippen LogP contribution in [-0.4, -0.2) is 44.1 Å². The molecular formula is C18H18Cl2N2O2. The van der Waals surface area contributed by atoms with E-state index in [4.69, 9.17) is 27.9 Å². The van der Waals surface area contributed by atoms with Crippen molar-refractivity contribution in [3.05, 3.63) is 58.1 Å². The Balaban J connectivity index is 1.68. The molecule has 0 spiro atoms. The summed E-state index contributed by atoms with van der Waals surface area (Å²) in [6, 6.07) is 12.9. The number of ether oxygens (including phenoxy) is 1. The topological polar surface area (TPSA) is 32.8 Å². The van der Waals surface area contributed by atoms with Crippen LogP contribution in [0.4, 0.5) is 5.69 Å². The summed E-state index contributed by atoms with van der Waals surface area (Å²) < 4.78 is 5.28. The van der Waals surface area contributed by atoms with Crippen LogP contribution in [-0.2, 0) is 0 Å². The molecule has 0 saturated carbocycles. The molecule has 1 amide bonds. The highest BCUT2D eigenvalue weighted by Gasteiger charge is 2.24. The highest BCUT2D eigenvalue weighted by Crippen LogP contribution is 2.25. The van der Waals surface area contributed by atoms with E-state index in [9.17, 15) is 4.79 Å². The van der Waals surface area contributed by atoms with Crippen molar-refractivity contribution in [2.45, 2.75) is 0 Å². The Morgan fingerprint density at radius 2 is 1.58 bits per heavy atom. The second-order valence-electron chi connectivity index (χ2n) is 5.60. The van der Waals surface area contributed by atoms with Gasteiger partial charge in [-0.15, -0.1) is 0 Å². The predicted molar refractivity (Wildman–Crippen MR) is 97.6 cm³/mol. The number of carbonyl (C=O) groups excluding carboxylic acids is 1. The van der Waals surface area contributed by atoms with E-state index in [1.54, 1.807) is 25.3 Å². The van der Waals surface area contributed by atoms with Crippen molar-refractivity contribution in [1.29, 1.82) is 0 Å². The van der Waals surface area contributed by atoms with E-state index in [2.05, 4.69) is 4.90 Å². The number of hydrogen-bond acceptors (Lipinski definition) is 3. The van der Waals surface area contributed by atoms with Gasteiger partial charge in [0.1, 0.15) is 5.75 Å². The monoisotopic (exact) mass is 364 g/mol. The lowest BCUT2D eigenvalue weighted by Gasteiger charge is -2.36. The van der Waals surface area contributed by atoms with Crippen molar-refractivity contribution >= 4 is 34.8 Å². The summed E-state index contributed by atoms with van der Waals surface area (Å²) in [4.78, 5) is 16.8. The van der Waals surface area contributed by atoms with Gasteiger partial charge in [-0.3, -0.25) is 4.79 Å². The average Bonchev–Trinajstić information content (AvgIpc) is 2.62. The molecule has 0 N–H and O–H groups in total. The van der Waals surface area contributed by atoms with Gasteiger partial charge in [0.15, 0.2) is 0 Å². The molecule has 126 valence electrons. The third-order valence-electron chi connectivity index (χ3n) is 4.15. The normalized spacial score (nSPS) is 14.6. The highest BCUT2D eigenvalue weighted by molar-refractivity contribution is 6.31. The molecule has 1 fully saturated rings. The molecule has 6 heteroatoms. The van der Waals surface area contributed by atoms with E-state index >= 15 is 0 Å². The molecule has 24 heavy (non-hydrogen) atoms. The number of nitrogens with zero attached hydrogens (tertiary/aromatic N) is 2. The van der Waals surface area contributed by atoms with E-state index < -0.39 is 0 Å². The number of amides is 1. The van der Waals surface area contributed by atoms with Crippen LogP contribution in [0.1, 0.15) is 10.4 Å². The van der Waals surface area contributed by atoms with Crippen LogP contribution < -0.4 is 9.64 Å². The van der Waals surface area contributed by atoms with Gasteiger partial charge in [0.05, 0.1) is 12.7 Å². The first-order chi connectivity index (χ1) is 11.6. The van der Waals surface area contributed by atoms with Crippen molar-refractivity contribution in [2.24, 2.45) is 0 Å². The van der Waals surface area contributed by atoms with Gasteiger partial charge < -0.3 is 14.5 Å². The zero-order chi connectivity index (χ0) is 17.1. The molecule has 3 rings (SSSR count). The lowest BCUT2D eigenvalue weighted by Crippen LogP contribution is -2.48. The summed E-state index contributed by atoms with van der Waals surface area (Å²) in [6.45, 7) is 2.88. The van der Waals surface area contributed by atoms with Crippen LogP contribution >= 0.6 is 23.2 Å². The summed E-state index contributed by atoms with van der Waals surface area (Å²) in [6.07, 6.45) is 0. The minimum Gasteiger partial charge on any atom is -0.496 e. The number of halogens is 2. The fraction of sp³-hybridized carbons (Fsp3) is 0.278. The van der Waals surface area contributed by atoms with Crippen LogP contribution in [0.3, 0.4) is 0 Å². The maximum atomic E-state index is 12.7. The van der Waals surface area contributed by atoms with Crippen molar-refractivity contribution in [2.75, 3.05) is 38.2 Å². The van der Waals surface area contributed by atoms with Crippen LogP contribution in [0.15, 0.2) is 42.5 Å². The Labute approximate surface area is 151 Å². The first-order valence-corrected chi connectivity index (χ1v) is 8.47. The molecule has 0 aromatic heterocycles. The Morgan fingerprint density at radius 1 is 0.958 bits per heavy atom. The Hall–Kier alpha value is -1.91. The zero-order valence-corrected chi connectivity index (χ0v) is 14.8.